The highest BCUT2D eigenvalue weighted by molar-refractivity contribution is 5.92. The predicted octanol–water partition coefficient (Wildman–Crippen LogP) is 10.1. The lowest BCUT2D eigenvalue weighted by Crippen LogP contribution is -2.75. The number of carbonyl (C=O) groups excluding carboxylic acids is 4. The fraction of sp³-hybridized carbons (Fsp3) is 0.885. The second-order valence-corrected chi connectivity index (χ2v) is 19.8. The smallest absolute Gasteiger partial charge is 0.408 e. The minimum atomic E-state index is -2.22. The first-order chi connectivity index (χ1) is 31.1. The van der Waals surface area contributed by atoms with Crippen LogP contribution in [-0.4, -0.2) is 99.4 Å². The zero-order valence-electron chi connectivity index (χ0n) is 42.2. The van der Waals surface area contributed by atoms with E-state index in [1.54, 1.807) is 20.8 Å². The monoisotopic (exact) mass is 923 g/mol. The zero-order valence-corrected chi connectivity index (χ0v) is 42.2. The third-order valence-electron chi connectivity index (χ3n) is 12.6. The van der Waals surface area contributed by atoms with Crippen LogP contribution >= 0.6 is 0 Å². The van der Waals surface area contributed by atoms with Gasteiger partial charge in [-0.25, -0.2) is 4.79 Å². The van der Waals surface area contributed by atoms with Crippen LogP contribution < -0.4 is 16.4 Å². The zero-order chi connectivity index (χ0) is 48.4. The van der Waals surface area contributed by atoms with E-state index in [1.165, 1.54) is 121 Å². The summed E-state index contributed by atoms with van der Waals surface area (Å²) in [7, 11) is 0. The molecular weight excluding hydrogens is 825 g/mol. The number of allylic oxidation sites excluding steroid dienone is 2. The Hall–Kier alpha value is -2.58. The lowest BCUT2D eigenvalue weighted by Gasteiger charge is -2.52. The summed E-state index contributed by atoms with van der Waals surface area (Å²) in [4.78, 5) is 54.7. The van der Waals surface area contributed by atoms with Crippen LogP contribution in [0.4, 0.5) is 4.79 Å². The minimum absolute atomic E-state index is 0.146. The molecule has 1 fully saturated rings. The number of rotatable bonds is 39. The van der Waals surface area contributed by atoms with Gasteiger partial charge in [0.15, 0.2) is 5.78 Å². The summed E-state index contributed by atoms with van der Waals surface area (Å²) in [5.74, 6) is -5.70. The van der Waals surface area contributed by atoms with Crippen molar-refractivity contribution in [2.45, 2.75) is 270 Å². The maximum Gasteiger partial charge on any atom is 0.408 e. The first kappa shape index (κ1) is 60.4. The molecule has 1 aliphatic rings. The number of unbranched alkanes of at least 4 members (excludes halogenated alkanes) is 26. The second kappa shape index (κ2) is 36.5. The number of aliphatic hydroxyl groups is 3. The summed E-state index contributed by atoms with van der Waals surface area (Å²) < 4.78 is 11.3. The van der Waals surface area contributed by atoms with Crippen LogP contribution in [0.3, 0.4) is 0 Å². The molecule has 0 aromatic rings. The molecule has 0 aromatic carbocycles. The van der Waals surface area contributed by atoms with Gasteiger partial charge >= 0.3 is 6.09 Å². The number of aliphatic hydroxyl groups excluding tert-OH is 3. The van der Waals surface area contributed by atoms with E-state index in [9.17, 15) is 34.5 Å². The van der Waals surface area contributed by atoms with Crippen molar-refractivity contribution in [3.63, 3.8) is 0 Å². The molecule has 0 bridgehead atoms. The van der Waals surface area contributed by atoms with Crippen LogP contribution in [-0.2, 0) is 23.9 Å². The summed E-state index contributed by atoms with van der Waals surface area (Å²) in [6.45, 7) is 9.80. The van der Waals surface area contributed by atoms with Crippen molar-refractivity contribution >= 4 is 23.7 Å². The number of alkyl carbamates (subject to hydrolysis) is 1. The van der Waals surface area contributed by atoms with Gasteiger partial charge in [-0.05, 0) is 66.2 Å². The SMILES string of the molecule is CCCCCCCC/C=C\CCCCCCCC(=O)N(CCCCCCCCCCCCCCCCCC)[C@]1(N)O[C@H](CO)[C@@H](O)[C@H](O)[C@H]1C(=O)CNC(=O)[C@H](C)NC(=O)OC(C)(C)C. The maximum atomic E-state index is 14.2. The van der Waals surface area contributed by atoms with Crippen molar-refractivity contribution in [1.82, 2.24) is 15.5 Å². The van der Waals surface area contributed by atoms with Gasteiger partial charge in [0.1, 0.15) is 29.8 Å². The number of nitrogens with one attached hydrogen (secondary N) is 2. The Morgan fingerprint density at radius 3 is 1.57 bits per heavy atom. The Morgan fingerprint density at radius 1 is 0.692 bits per heavy atom. The summed E-state index contributed by atoms with van der Waals surface area (Å²) >= 11 is 0. The first-order valence-electron chi connectivity index (χ1n) is 26.3. The molecule has 0 aromatic heterocycles. The molecule has 380 valence electrons. The van der Waals surface area contributed by atoms with E-state index in [2.05, 4.69) is 36.6 Å². The quantitative estimate of drug-likeness (QED) is 0.0196. The molecule has 0 aliphatic carbocycles. The molecule has 1 heterocycles. The molecule has 6 atom stereocenters. The summed E-state index contributed by atoms with van der Waals surface area (Å²) in [5, 5.41) is 37.5. The van der Waals surface area contributed by atoms with Crippen LogP contribution in [0.25, 0.3) is 0 Å². The lowest BCUT2D eigenvalue weighted by atomic mass is 9.82. The Balaban J connectivity index is 2.91. The van der Waals surface area contributed by atoms with Crippen LogP contribution in [0.1, 0.15) is 234 Å². The van der Waals surface area contributed by atoms with E-state index < -0.39 is 72.7 Å². The fourth-order valence-electron chi connectivity index (χ4n) is 8.63. The number of carbonyl (C=O) groups is 4. The Morgan fingerprint density at radius 2 is 1.12 bits per heavy atom. The molecule has 1 aliphatic heterocycles. The van der Waals surface area contributed by atoms with Crippen molar-refractivity contribution in [3.8, 4) is 0 Å². The summed E-state index contributed by atoms with van der Waals surface area (Å²) in [5.41, 5.74) is 6.18. The van der Waals surface area contributed by atoms with E-state index in [1.807, 2.05) is 0 Å². The molecule has 3 amide bonds. The van der Waals surface area contributed by atoms with Crippen molar-refractivity contribution in [3.05, 3.63) is 12.2 Å². The molecule has 7 N–H and O–H groups in total. The third-order valence-corrected chi connectivity index (χ3v) is 12.6. The van der Waals surface area contributed by atoms with E-state index in [4.69, 9.17) is 15.2 Å². The van der Waals surface area contributed by atoms with Crippen molar-refractivity contribution in [2.24, 2.45) is 11.7 Å². The molecular formula is C52H98N4O9. The Kier molecular flexibility index (Phi) is 33.9. The number of hydrogen-bond donors (Lipinski definition) is 6. The Bertz CT molecular complexity index is 1290. The van der Waals surface area contributed by atoms with Crippen LogP contribution in [0.2, 0.25) is 0 Å². The number of Topliss-reactive ketones (excluding diaryl/α,β-unsaturated/α-hetero) is 1. The fourth-order valence-corrected chi connectivity index (χ4v) is 8.63. The van der Waals surface area contributed by atoms with Gasteiger partial charge in [0.05, 0.1) is 19.3 Å². The molecule has 13 heteroatoms. The average molecular weight is 923 g/mol. The van der Waals surface area contributed by atoms with E-state index in [0.29, 0.717) is 12.8 Å². The molecule has 13 nitrogen and oxygen atoms in total. The van der Waals surface area contributed by atoms with E-state index in [-0.39, 0.29) is 18.9 Å². The largest absolute Gasteiger partial charge is 0.444 e. The van der Waals surface area contributed by atoms with Crippen molar-refractivity contribution in [1.29, 1.82) is 0 Å². The number of amides is 3. The molecule has 1 rings (SSSR count). The van der Waals surface area contributed by atoms with E-state index >= 15 is 0 Å². The number of ketones is 1. The van der Waals surface area contributed by atoms with Crippen LogP contribution in [0, 0.1) is 5.92 Å². The van der Waals surface area contributed by atoms with Crippen LogP contribution in [0.15, 0.2) is 12.2 Å². The van der Waals surface area contributed by atoms with Crippen molar-refractivity contribution < 1.29 is 44.0 Å². The van der Waals surface area contributed by atoms with Gasteiger partial charge in [0.25, 0.3) is 0 Å². The highest BCUT2D eigenvalue weighted by Gasteiger charge is 2.58. The second-order valence-electron chi connectivity index (χ2n) is 19.8. The molecule has 65 heavy (non-hydrogen) atoms. The van der Waals surface area contributed by atoms with Gasteiger partial charge < -0.3 is 40.3 Å². The molecule has 0 saturated carbocycles. The predicted molar refractivity (Wildman–Crippen MR) is 262 cm³/mol. The molecule has 0 spiro atoms. The number of nitrogens with two attached hydrogens (primary N) is 1. The molecule has 0 unspecified atom stereocenters. The standard InChI is InChI=1S/C52H98N4O9/c1-7-9-11-13-15-17-19-21-23-25-27-29-31-33-35-37-39-56(45(59)38-36-34-32-30-28-26-24-22-20-18-16-14-12-10-8-2)52(53)46(48(61)47(60)44(41-57)64-52)43(58)40-54-49(62)42(3)55-50(63)65-51(4,5)6/h22,24,42,44,46-48,57,60-61H,7-21,23,25-41,53H2,1-6H3,(H,54,62)(H,55,63)/b24-22-/t42-,44+,46+,47+,48+,52-/m0/s1. The Labute approximate surface area is 395 Å². The van der Waals surface area contributed by atoms with Crippen LogP contribution in [0.5, 0.6) is 0 Å². The number of hydrogen-bond acceptors (Lipinski definition) is 10. The molecule has 0 radical (unpaired) electrons. The van der Waals surface area contributed by atoms with Gasteiger partial charge in [-0.1, -0.05) is 174 Å². The first-order valence-corrected chi connectivity index (χ1v) is 26.3. The van der Waals surface area contributed by atoms with Crippen molar-refractivity contribution in [2.75, 3.05) is 19.7 Å². The summed E-state index contributed by atoms with van der Waals surface area (Å²) in [6.07, 6.45) is 32.6. The topological polar surface area (TPSA) is 201 Å². The van der Waals surface area contributed by atoms with Gasteiger partial charge in [0, 0.05) is 13.0 Å². The highest BCUT2D eigenvalue weighted by atomic mass is 16.6. The van der Waals surface area contributed by atoms with Gasteiger partial charge in [-0.3, -0.25) is 20.1 Å². The van der Waals surface area contributed by atoms with Gasteiger partial charge in [-0.2, -0.15) is 0 Å². The summed E-state index contributed by atoms with van der Waals surface area (Å²) in [6, 6.07) is -1.07. The normalized spacial score (nSPS) is 20.5. The van der Waals surface area contributed by atoms with E-state index in [0.717, 1.165) is 64.2 Å². The molecule has 1 saturated heterocycles. The van der Waals surface area contributed by atoms with Gasteiger partial charge in [-0.15, -0.1) is 0 Å². The number of nitrogens with zero attached hydrogens (tertiary/aromatic N) is 1. The maximum absolute atomic E-state index is 14.2. The highest BCUT2D eigenvalue weighted by Crippen LogP contribution is 2.36. The number of ether oxygens (including phenoxy) is 2. The average Bonchev–Trinajstić information content (AvgIpc) is 3.25. The van der Waals surface area contributed by atoms with Gasteiger partial charge in [0.2, 0.25) is 17.7 Å². The third kappa shape index (κ3) is 27.1. The minimum Gasteiger partial charge on any atom is -0.444 e. The lowest BCUT2D eigenvalue weighted by molar-refractivity contribution is -0.291.